The molecule has 2 aromatic rings. The maximum atomic E-state index is 12.9. The van der Waals surface area contributed by atoms with E-state index in [0.717, 1.165) is 18.5 Å². The van der Waals surface area contributed by atoms with E-state index in [1.165, 1.54) is 11.6 Å². The molecule has 2 nitrogen and oxygen atoms in total. The van der Waals surface area contributed by atoms with Crippen molar-refractivity contribution >= 4 is 11.6 Å². The Bertz CT molecular complexity index is 502. The fraction of sp³-hybridized carbons (Fsp3) is 0.214. The van der Waals surface area contributed by atoms with Crippen LogP contribution in [0.25, 0.3) is 0 Å². The van der Waals surface area contributed by atoms with E-state index in [9.17, 15) is 4.39 Å². The zero-order chi connectivity index (χ0) is 12.8. The van der Waals surface area contributed by atoms with E-state index in [2.05, 4.69) is 10.3 Å². The number of hydrogen-bond acceptors (Lipinski definition) is 2. The quantitative estimate of drug-likeness (QED) is 0.839. The Hall–Kier alpha value is -1.45. The molecule has 0 amide bonds. The Morgan fingerprint density at radius 2 is 2.11 bits per heavy atom. The molecule has 18 heavy (non-hydrogen) atoms. The number of halogens is 2. The van der Waals surface area contributed by atoms with Crippen molar-refractivity contribution in [3.8, 4) is 0 Å². The lowest BCUT2D eigenvalue weighted by molar-refractivity contribution is 0.625. The van der Waals surface area contributed by atoms with E-state index in [4.69, 9.17) is 11.6 Å². The highest BCUT2D eigenvalue weighted by atomic mass is 35.5. The lowest BCUT2D eigenvalue weighted by atomic mass is 10.2. The molecule has 0 fully saturated rings. The summed E-state index contributed by atoms with van der Waals surface area (Å²) in [4.78, 5) is 4.06. The summed E-state index contributed by atoms with van der Waals surface area (Å²) in [6, 6.07) is 8.74. The number of pyridine rings is 1. The lowest BCUT2D eigenvalue weighted by Crippen LogP contribution is -2.16. The van der Waals surface area contributed by atoms with E-state index in [-0.39, 0.29) is 10.8 Å². The first-order valence-corrected chi connectivity index (χ1v) is 6.17. The van der Waals surface area contributed by atoms with Crippen LogP contribution in [0.3, 0.4) is 0 Å². The molecule has 0 spiro atoms. The monoisotopic (exact) mass is 264 g/mol. The van der Waals surface area contributed by atoms with E-state index >= 15 is 0 Å². The van der Waals surface area contributed by atoms with Gasteiger partial charge in [-0.15, -0.1) is 0 Å². The topological polar surface area (TPSA) is 24.9 Å². The van der Waals surface area contributed by atoms with Crippen LogP contribution in [-0.2, 0) is 13.0 Å². The van der Waals surface area contributed by atoms with Crippen LogP contribution >= 0.6 is 11.6 Å². The van der Waals surface area contributed by atoms with Gasteiger partial charge in [-0.2, -0.15) is 0 Å². The van der Waals surface area contributed by atoms with Crippen LogP contribution in [0.1, 0.15) is 11.1 Å². The van der Waals surface area contributed by atoms with Gasteiger partial charge in [0.15, 0.2) is 0 Å². The molecule has 0 aliphatic heterocycles. The molecule has 0 unspecified atom stereocenters. The van der Waals surface area contributed by atoms with Crippen LogP contribution in [0, 0.1) is 5.82 Å². The number of nitrogens with one attached hydrogen (secondary N) is 1. The third-order valence-electron chi connectivity index (χ3n) is 2.63. The third kappa shape index (κ3) is 3.79. The van der Waals surface area contributed by atoms with Gasteiger partial charge in [0.25, 0.3) is 0 Å². The smallest absolute Gasteiger partial charge is 0.141 e. The van der Waals surface area contributed by atoms with Crippen LogP contribution in [0.5, 0.6) is 0 Å². The maximum absolute atomic E-state index is 12.9. The van der Waals surface area contributed by atoms with Crippen molar-refractivity contribution in [2.45, 2.75) is 13.0 Å². The van der Waals surface area contributed by atoms with Gasteiger partial charge in [0.1, 0.15) is 5.82 Å². The molecule has 0 aliphatic carbocycles. The average molecular weight is 265 g/mol. The van der Waals surface area contributed by atoms with E-state index in [1.54, 1.807) is 18.3 Å². The second-order valence-corrected chi connectivity index (χ2v) is 4.44. The van der Waals surface area contributed by atoms with Gasteiger partial charge in [0, 0.05) is 18.9 Å². The second-order valence-electron chi connectivity index (χ2n) is 4.04. The summed E-state index contributed by atoms with van der Waals surface area (Å²) >= 11 is 5.71. The Morgan fingerprint density at radius 1 is 1.22 bits per heavy atom. The number of aromatic nitrogens is 1. The first kappa shape index (κ1) is 13.0. The first-order chi connectivity index (χ1) is 8.75. The number of rotatable bonds is 5. The summed E-state index contributed by atoms with van der Waals surface area (Å²) in [6.45, 7) is 1.53. The Labute approximate surface area is 111 Å². The summed E-state index contributed by atoms with van der Waals surface area (Å²) in [6.07, 6.45) is 4.54. The van der Waals surface area contributed by atoms with E-state index < -0.39 is 0 Å². The molecule has 0 bridgehead atoms. The summed E-state index contributed by atoms with van der Waals surface area (Å²) in [5, 5.41) is 3.46. The number of hydrogen-bond donors (Lipinski definition) is 1. The van der Waals surface area contributed by atoms with Crippen molar-refractivity contribution in [2.75, 3.05) is 6.54 Å². The molecule has 0 aliphatic rings. The average Bonchev–Trinajstić information content (AvgIpc) is 2.40. The highest BCUT2D eigenvalue weighted by Crippen LogP contribution is 2.15. The Kier molecular flexibility index (Phi) is 4.67. The van der Waals surface area contributed by atoms with Gasteiger partial charge in [0.2, 0.25) is 0 Å². The van der Waals surface area contributed by atoms with Crippen molar-refractivity contribution in [2.24, 2.45) is 0 Å². The second kappa shape index (κ2) is 6.47. The van der Waals surface area contributed by atoms with Crippen molar-refractivity contribution in [1.82, 2.24) is 10.3 Å². The van der Waals surface area contributed by atoms with Crippen LogP contribution < -0.4 is 5.32 Å². The minimum absolute atomic E-state index is 0.168. The van der Waals surface area contributed by atoms with Crippen molar-refractivity contribution < 1.29 is 4.39 Å². The third-order valence-corrected chi connectivity index (χ3v) is 2.92. The van der Waals surface area contributed by atoms with Gasteiger partial charge in [-0.3, -0.25) is 4.98 Å². The molecule has 4 heteroatoms. The highest BCUT2D eigenvalue weighted by molar-refractivity contribution is 6.30. The zero-order valence-corrected chi connectivity index (χ0v) is 10.6. The number of nitrogens with zero attached hydrogens (tertiary/aromatic N) is 1. The summed E-state index contributed by atoms with van der Waals surface area (Å²) in [7, 11) is 0. The molecule has 1 heterocycles. The summed E-state index contributed by atoms with van der Waals surface area (Å²) in [5.74, 6) is -0.379. The largest absolute Gasteiger partial charge is 0.312 e. The summed E-state index contributed by atoms with van der Waals surface area (Å²) < 4.78 is 12.9. The van der Waals surface area contributed by atoms with Crippen LogP contribution in [0.4, 0.5) is 4.39 Å². The molecule has 0 atom stereocenters. The minimum atomic E-state index is -0.379. The Morgan fingerprint density at radius 3 is 2.83 bits per heavy atom. The molecule has 0 saturated carbocycles. The molecule has 2 rings (SSSR count). The van der Waals surface area contributed by atoms with E-state index in [0.29, 0.717) is 6.54 Å². The Balaban J connectivity index is 1.77. The maximum Gasteiger partial charge on any atom is 0.141 e. The van der Waals surface area contributed by atoms with Gasteiger partial charge in [0.05, 0.1) is 5.02 Å². The predicted molar refractivity (Wildman–Crippen MR) is 71.1 cm³/mol. The molecule has 1 aromatic heterocycles. The number of benzene rings is 1. The van der Waals surface area contributed by atoms with E-state index in [1.807, 2.05) is 18.3 Å². The fourth-order valence-electron chi connectivity index (χ4n) is 1.66. The fourth-order valence-corrected chi connectivity index (χ4v) is 1.86. The zero-order valence-electron chi connectivity index (χ0n) is 9.87. The molecule has 94 valence electrons. The van der Waals surface area contributed by atoms with Crippen LogP contribution in [0.2, 0.25) is 5.02 Å². The SMILES string of the molecule is Fc1ccc(CNCCc2cccnc2)cc1Cl. The van der Waals surface area contributed by atoms with Crippen LogP contribution in [0.15, 0.2) is 42.7 Å². The van der Waals surface area contributed by atoms with Crippen molar-refractivity contribution in [3.63, 3.8) is 0 Å². The lowest BCUT2D eigenvalue weighted by Gasteiger charge is -2.05. The van der Waals surface area contributed by atoms with Gasteiger partial charge in [-0.1, -0.05) is 23.7 Å². The highest BCUT2D eigenvalue weighted by Gasteiger charge is 2.00. The first-order valence-electron chi connectivity index (χ1n) is 5.79. The van der Waals surface area contributed by atoms with Gasteiger partial charge < -0.3 is 5.32 Å². The van der Waals surface area contributed by atoms with Crippen molar-refractivity contribution in [3.05, 3.63) is 64.7 Å². The molecule has 1 aromatic carbocycles. The molecular formula is C14H14ClFN2. The van der Waals surface area contributed by atoms with Crippen LogP contribution in [-0.4, -0.2) is 11.5 Å². The van der Waals surface area contributed by atoms with Gasteiger partial charge in [-0.05, 0) is 42.3 Å². The molecule has 1 N–H and O–H groups in total. The minimum Gasteiger partial charge on any atom is -0.312 e. The molecular weight excluding hydrogens is 251 g/mol. The van der Waals surface area contributed by atoms with Crippen molar-refractivity contribution in [1.29, 1.82) is 0 Å². The molecule has 0 saturated heterocycles. The normalized spacial score (nSPS) is 10.6. The predicted octanol–water partition coefficient (Wildman–Crippen LogP) is 3.21. The molecule has 0 radical (unpaired) electrons. The van der Waals surface area contributed by atoms with Gasteiger partial charge in [-0.25, -0.2) is 4.39 Å². The summed E-state index contributed by atoms with van der Waals surface area (Å²) in [5.41, 5.74) is 2.18. The van der Waals surface area contributed by atoms with Gasteiger partial charge >= 0.3 is 0 Å². The standard InChI is InChI=1S/C14H14ClFN2/c15-13-8-12(3-4-14(13)16)10-18-7-5-11-2-1-6-17-9-11/h1-4,6,8-9,18H,5,7,10H2.